The van der Waals surface area contributed by atoms with E-state index >= 15 is 0 Å². The third-order valence-electron chi connectivity index (χ3n) is 4.39. The summed E-state index contributed by atoms with van der Waals surface area (Å²) in [6.45, 7) is 4.35. The lowest BCUT2D eigenvalue weighted by Crippen LogP contribution is -2.56. The lowest BCUT2D eigenvalue weighted by Gasteiger charge is -2.47. The van der Waals surface area contributed by atoms with Crippen molar-refractivity contribution in [3.05, 3.63) is 0 Å². The summed E-state index contributed by atoms with van der Waals surface area (Å²) in [6, 6.07) is 0. The molecule has 98 valence electrons. The van der Waals surface area contributed by atoms with E-state index in [2.05, 4.69) is 6.92 Å². The van der Waals surface area contributed by atoms with Gasteiger partial charge in [0.05, 0.1) is 11.5 Å². The zero-order valence-electron chi connectivity index (χ0n) is 10.9. The van der Waals surface area contributed by atoms with Crippen LogP contribution in [-0.4, -0.2) is 43.7 Å². The van der Waals surface area contributed by atoms with Gasteiger partial charge in [0.1, 0.15) is 0 Å². The average molecular weight is 240 g/mol. The molecule has 4 nitrogen and oxygen atoms in total. The second-order valence-corrected chi connectivity index (χ2v) is 5.73. The van der Waals surface area contributed by atoms with Gasteiger partial charge in [0.2, 0.25) is 5.91 Å². The van der Waals surface area contributed by atoms with Crippen LogP contribution in [0.2, 0.25) is 0 Å². The van der Waals surface area contributed by atoms with Crippen molar-refractivity contribution in [2.24, 2.45) is 17.1 Å². The smallest absolute Gasteiger partial charge is 0.230 e. The minimum absolute atomic E-state index is 0.237. The van der Waals surface area contributed by atoms with Crippen LogP contribution in [-0.2, 0) is 9.53 Å². The van der Waals surface area contributed by atoms with Gasteiger partial charge >= 0.3 is 0 Å². The van der Waals surface area contributed by atoms with Crippen molar-refractivity contribution in [3.8, 4) is 0 Å². The molecule has 17 heavy (non-hydrogen) atoms. The van der Waals surface area contributed by atoms with E-state index in [9.17, 15) is 4.79 Å². The summed E-state index contributed by atoms with van der Waals surface area (Å²) in [5.41, 5.74) is 5.58. The molecule has 1 saturated heterocycles. The summed E-state index contributed by atoms with van der Waals surface area (Å²) in [7, 11) is 1.75. The highest BCUT2D eigenvalue weighted by Gasteiger charge is 2.49. The van der Waals surface area contributed by atoms with Gasteiger partial charge in [0.15, 0.2) is 0 Å². The first-order valence-electron chi connectivity index (χ1n) is 6.63. The number of hydrogen-bond acceptors (Lipinski definition) is 3. The maximum atomic E-state index is 12.5. The average Bonchev–Trinajstić information content (AvgIpc) is 2.34. The Labute approximate surface area is 103 Å². The molecule has 0 aromatic rings. The van der Waals surface area contributed by atoms with Crippen molar-refractivity contribution in [2.45, 2.75) is 38.7 Å². The van der Waals surface area contributed by atoms with E-state index in [1.807, 2.05) is 4.90 Å². The van der Waals surface area contributed by atoms with E-state index in [4.69, 9.17) is 10.5 Å². The van der Waals surface area contributed by atoms with E-state index in [0.717, 1.165) is 38.8 Å². The van der Waals surface area contributed by atoms with Crippen molar-refractivity contribution in [3.63, 3.8) is 0 Å². The SMILES string of the molecule is COC1CCN(C(=O)C2(CN)CC(C)C2)CC1. The van der Waals surface area contributed by atoms with Crippen LogP contribution >= 0.6 is 0 Å². The molecule has 1 aliphatic heterocycles. The normalized spacial score (nSPS) is 34.5. The number of likely N-dealkylation sites (tertiary alicyclic amines) is 1. The summed E-state index contributed by atoms with van der Waals surface area (Å²) in [5, 5.41) is 0. The van der Waals surface area contributed by atoms with Crippen LogP contribution in [0.15, 0.2) is 0 Å². The third-order valence-corrected chi connectivity index (χ3v) is 4.39. The number of amides is 1. The van der Waals surface area contributed by atoms with Gasteiger partial charge < -0.3 is 15.4 Å². The largest absolute Gasteiger partial charge is 0.381 e. The van der Waals surface area contributed by atoms with Crippen molar-refractivity contribution >= 4 is 5.91 Å². The molecule has 2 aliphatic rings. The lowest BCUT2D eigenvalue weighted by atomic mass is 9.61. The predicted molar refractivity (Wildman–Crippen MR) is 66.5 cm³/mol. The van der Waals surface area contributed by atoms with E-state index in [0.29, 0.717) is 18.6 Å². The van der Waals surface area contributed by atoms with Gasteiger partial charge in [-0.25, -0.2) is 0 Å². The Morgan fingerprint density at radius 1 is 1.41 bits per heavy atom. The van der Waals surface area contributed by atoms with E-state index in [-0.39, 0.29) is 11.3 Å². The Kier molecular flexibility index (Phi) is 3.73. The quantitative estimate of drug-likeness (QED) is 0.800. The van der Waals surface area contributed by atoms with Gasteiger partial charge in [-0.1, -0.05) is 6.92 Å². The Morgan fingerprint density at radius 2 is 2.00 bits per heavy atom. The van der Waals surface area contributed by atoms with Gasteiger partial charge in [0, 0.05) is 26.7 Å². The molecular weight excluding hydrogens is 216 g/mol. The first-order valence-corrected chi connectivity index (χ1v) is 6.63. The molecule has 2 N–H and O–H groups in total. The number of piperidine rings is 1. The molecule has 0 unspecified atom stereocenters. The Balaban J connectivity index is 1.92. The first kappa shape index (κ1) is 12.8. The number of carbonyl (C=O) groups is 1. The predicted octanol–water partition coefficient (Wildman–Crippen LogP) is 0.999. The molecule has 0 aromatic carbocycles. The zero-order valence-corrected chi connectivity index (χ0v) is 10.9. The number of rotatable bonds is 3. The van der Waals surface area contributed by atoms with Gasteiger partial charge in [-0.05, 0) is 31.6 Å². The molecule has 1 amide bonds. The molecule has 0 radical (unpaired) electrons. The van der Waals surface area contributed by atoms with E-state index in [1.54, 1.807) is 7.11 Å². The van der Waals surface area contributed by atoms with Crippen LogP contribution in [0, 0.1) is 11.3 Å². The lowest BCUT2D eigenvalue weighted by molar-refractivity contribution is -0.152. The number of methoxy groups -OCH3 is 1. The fourth-order valence-electron chi connectivity index (χ4n) is 3.33. The molecule has 0 atom stereocenters. The maximum Gasteiger partial charge on any atom is 0.230 e. The minimum Gasteiger partial charge on any atom is -0.381 e. The highest BCUT2D eigenvalue weighted by atomic mass is 16.5. The van der Waals surface area contributed by atoms with E-state index in [1.165, 1.54) is 0 Å². The Morgan fingerprint density at radius 3 is 2.41 bits per heavy atom. The molecule has 1 heterocycles. The van der Waals surface area contributed by atoms with Crippen LogP contribution in [0.25, 0.3) is 0 Å². The number of nitrogens with two attached hydrogens (primary N) is 1. The molecule has 2 fully saturated rings. The Bertz CT molecular complexity index is 279. The highest BCUT2D eigenvalue weighted by Crippen LogP contribution is 2.46. The summed E-state index contributed by atoms with van der Waals surface area (Å²) in [6.07, 6.45) is 4.17. The highest BCUT2D eigenvalue weighted by molar-refractivity contribution is 5.84. The fraction of sp³-hybridized carbons (Fsp3) is 0.923. The van der Waals surface area contributed by atoms with Crippen LogP contribution in [0.4, 0.5) is 0 Å². The first-order chi connectivity index (χ1) is 8.11. The van der Waals surface area contributed by atoms with Crippen LogP contribution in [0.3, 0.4) is 0 Å². The standard InChI is InChI=1S/C13H24N2O2/c1-10-7-13(8-10,9-14)12(16)15-5-3-11(17-2)4-6-15/h10-11H,3-9,14H2,1-2H3. The molecule has 0 aromatic heterocycles. The number of nitrogens with zero attached hydrogens (tertiary/aromatic N) is 1. The van der Waals surface area contributed by atoms with Gasteiger partial charge in [-0.2, -0.15) is 0 Å². The number of carbonyl (C=O) groups excluding carboxylic acids is 1. The monoisotopic (exact) mass is 240 g/mol. The maximum absolute atomic E-state index is 12.5. The van der Waals surface area contributed by atoms with Crippen molar-refractivity contribution in [1.29, 1.82) is 0 Å². The van der Waals surface area contributed by atoms with Gasteiger partial charge in [-0.15, -0.1) is 0 Å². The number of ether oxygens (including phenoxy) is 1. The Hall–Kier alpha value is -0.610. The summed E-state index contributed by atoms with van der Waals surface area (Å²) < 4.78 is 5.33. The topological polar surface area (TPSA) is 55.6 Å². The van der Waals surface area contributed by atoms with Crippen LogP contribution in [0.1, 0.15) is 32.6 Å². The van der Waals surface area contributed by atoms with E-state index < -0.39 is 0 Å². The second kappa shape index (κ2) is 4.94. The van der Waals surface area contributed by atoms with Crippen molar-refractivity contribution in [1.82, 2.24) is 4.90 Å². The zero-order chi connectivity index (χ0) is 12.5. The fourth-order valence-corrected chi connectivity index (χ4v) is 3.33. The molecule has 1 aliphatic carbocycles. The number of hydrogen-bond donors (Lipinski definition) is 1. The molecule has 1 saturated carbocycles. The molecular formula is C13H24N2O2. The van der Waals surface area contributed by atoms with Crippen molar-refractivity contribution in [2.75, 3.05) is 26.7 Å². The summed E-state index contributed by atoms with van der Waals surface area (Å²) in [5.74, 6) is 0.937. The third kappa shape index (κ3) is 2.33. The molecule has 4 heteroatoms. The van der Waals surface area contributed by atoms with Gasteiger partial charge in [-0.3, -0.25) is 4.79 Å². The second-order valence-electron chi connectivity index (χ2n) is 5.73. The van der Waals surface area contributed by atoms with Crippen molar-refractivity contribution < 1.29 is 9.53 Å². The molecule has 2 rings (SSSR count). The summed E-state index contributed by atoms with van der Waals surface area (Å²) in [4.78, 5) is 14.5. The minimum atomic E-state index is -0.237. The molecule has 0 bridgehead atoms. The van der Waals surface area contributed by atoms with Crippen LogP contribution < -0.4 is 5.73 Å². The van der Waals surface area contributed by atoms with Crippen LogP contribution in [0.5, 0.6) is 0 Å². The van der Waals surface area contributed by atoms with Gasteiger partial charge in [0.25, 0.3) is 0 Å². The molecule has 0 spiro atoms. The summed E-state index contributed by atoms with van der Waals surface area (Å²) >= 11 is 0.